The molecular formula is C12H9BrF2O2. The molecule has 0 spiro atoms. The summed E-state index contributed by atoms with van der Waals surface area (Å²) in [5.41, 5.74) is 0.942. The van der Waals surface area contributed by atoms with Crippen molar-refractivity contribution in [3.05, 3.63) is 58.0 Å². The van der Waals surface area contributed by atoms with E-state index in [0.717, 1.165) is 6.07 Å². The van der Waals surface area contributed by atoms with E-state index in [0.29, 0.717) is 15.8 Å². The molecule has 5 heteroatoms. The smallest absolute Gasteiger partial charge is 0.174 e. The fourth-order valence-electron chi connectivity index (χ4n) is 1.60. The maximum Gasteiger partial charge on any atom is 0.174 e. The average Bonchev–Trinajstić information content (AvgIpc) is 2.62. The van der Waals surface area contributed by atoms with Gasteiger partial charge in [-0.1, -0.05) is 0 Å². The molecule has 0 bridgehead atoms. The van der Waals surface area contributed by atoms with Gasteiger partial charge in [0.2, 0.25) is 0 Å². The zero-order valence-electron chi connectivity index (χ0n) is 8.66. The summed E-state index contributed by atoms with van der Waals surface area (Å²) in [6.07, 6.45) is 0.672. The maximum atomic E-state index is 13.0. The molecule has 1 aromatic heterocycles. The zero-order chi connectivity index (χ0) is 12.4. The molecule has 0 aliphatic carbocycles. The lowest BCUT2D eigenvalue weighted by Crippen LogP contribution is -2.02. The van der Waals surface area contributed by atoms with Crippen LogP contribution in [0.5, 0.6) is 0 Å². The van der Waals surface area contributed by atoms with Crippen LogP contribution in [0.1, 0.15) is 17.2 Å². The van der Waals surface area contributed by atoms with Crippen molar-refractivity contribution in [2.45, 2.75) is 12.5 Å². The highest BCUT2D eigenvalue weighted by atomic mass is 79.9. The third kappa shape index (κ3) is 2.92. The summed E-state index contributed by atoms with van der Waals surface area (Å²) < 4.78 is 31.3. The Hall–Kier alpha value is -1.20. The molecule has 1 heterocycles. The van der Waals surface area contributed by atoms with Crippen LogP contribution in [0.4, 0.5) is 8.78 Å². The zero-order valence-corrected chi connectivity index (χ0v) is 10.2. The van der Waals surface area contributed by atoms with Crippen LogP contribution < -0.4 is 0 Å². The predicted molar refractivity (Wildman–Crippen MR) is 61.4 cm³/mol. The summed E-state index contributed by atoms with van der Waals surface area (Å²) in [6.45, 7) is 0. The normalized spacial score (nSPS) is 12.7. The van der Waals surface area contributed by atoms with Crippen molar-refractivity contribution in [2.75, 3.05) is 0 Å². The molecule has 0 aliphatic heterocycles. The topological polar surface area (TPSA) is 33.4 Å². The number of halogens is 3. The first-order valence-electron chi connectivity index (χ1n) is 4.92. The Balaban J connectivity index is 2.18. The average molecular weight is 303 g/mol. The molecule has 0 saturated heterocycles. The number of aliphatic hydroxyl groups excluding tert-OH is 1. The minimum atomic E-state index is -0.871. The third-order valence-electron chi connectivity index (χ3n) is 2.36. The lowest BCUT2D eigenvalue weighted by atomic mass is 10.0. The largest absolute Gasteiger partial charge is 0.457 e. The van der Waals surface area contributed by atoms with E-state index in [1.807, 2.05) is 0 Å². The summed E-state index contributed by atoms with van der Waals surface area (Å²) in [5.74, 6) is -1.31. The summed E-state index contributed by atoms with van der Waals surface area (Å²) in [7, 11) is 0. The first kappa shape index (κ1) is 12.3. The fourth-order valence-corrected chi connectivity index (χ4v) is 2.11. The number of benzene rings is 1. The van der Waals surface area contributed by atoms with Crippen LogP contribution in [0.15, 0.2) is 39.6 Å². The summed E-state index contributed by atoms with van der Waals surface area (Å²) in [4.78, 5) is 0. The van der Waals surface area contributed by atoms with Crippen LogP contribution >= 0.6 is 15.9 Å². The highest BCUT2D eigenvalue weighted by Gasteiger charge is 2.15. The highest BCUT2D eigenvalue weighted by molar-refractivity contribution is 9.10. The summed E-state index contributed by atoms with van der Waals surface area (Å²) in [6, 6.07) is 4.79. The van der Waals surface area contributed by atoms with Gasteiger partial charge in [-0.15, -0.1) is 0 Å². The van der Waals surface area contributed by atoms with Crippen LogP contribution in [0, 0.1) is 11.6 Å². The minimum Gasteiger partial charge on any atom is -0.457 e. The van der Waals surface area contributed by atoms with Crippen molar-refractivity contribution in [1.82, 2.24) is 0 Å². The van der Waals surface area contributed by atoms with Gasteiger partial charge in [-0.3, -0.25) is 0 Å². The van der Waals surface area contributed by atoms with Gasteiger partial charge in [0.1, 0.15) is 11.6 Å². The first-order chi connectivity index (χ1) is 8.06. The van der Waals surface area contributed by atoms with Crippen molar-refractivity contribution < 1.29 is 18.3 Å². The van der Waals surface area contributed by atoms with E-state index in [4.69, 9.17) is 4.42 Å². The number of hydrogen-bond acceptors (Lipinski definition) is 2. The molecule has 2 aromatic rings. The standard InChI is InChI=1S/C12H9BrF2O2/c13-12-10(1-2-17-12)11(16)5-7-3-8(14)6-9(15)4-7/h1-4,6,11,16H,5H2. The lowest BCUT2D eigenvalue weighted by molar-refractivity contribution is 0.176. The quantitative estimate of drug-likeness (QED) is 0.940. The maximum absolute atomic E-state index is 13.0. The van der Waals surface area contributed by atoms with Gasteiger partial charge in [0, 0.05) is 18.1 Å². The number of furan rings is 1. The summed E-state index contributed by atoms with van der Waals surface area (Å²) >= 11 is 3.13. The van der Waals surface area contributed by atoms with Crippen LogP contribution in [-0.4, -0.2) is 5.11 Å². The van der Waals surface area contributed by atoms with Crippen LogP contribution in [0.3, 0.4) is 0 Å². The van der Waals surface area contributed by atoms with Gasteiger partial charge in [-0.25, -0.2) is 8.78 Å². The molecule has 2 nitrogen and oxygen atoms in total. The Morgan fingerprint density at radius 3 is 2.41 bits per heavy atom. The number of hydrogen-bond donors (Lipinski definition) is 1. The van der Waals surface area contributed by atoms with Gasteiger partial charge in [-0.2, -0.15) is 0 Å². The molecule has 0 amide bonds. The van der Waals surface area contributed by atoms with E-state index in [-0.39, 0.29) is 6.42 Å². The van der Waals surface area contributed by atoms with Crippen molar-refractivity contribution in [1.29, 1.82) is 0 Å². The SMILES string of the molecule is OC(Cc1cc(F)cc(F)c1)c1ccoc1Br. The molecule has 0 saturated carbocycles. The van der Waals surface area contributed by atoms with E-state index in [2.05, 4.69) is 15.9 Å². The molecule has 90 valence electrons. The number of aliphatic hydroxyl groups is 1. The van der Waals surface area contributed by atoms with Gasteiger partial charge in [0.25, 0.3) is 0 Å². The van der Waals surface area contributed by atoms with Gasteiger partial charge >= 0.3 is 0 Å². The van der Waals surface area contributed by atoms with E-state index in [1.54, 1.807) is 6.07 Å². The lowest BCUT2D eigenvalue weighted by Gasteiger charge is -2.09. The monoisotopic (exact) mass is 302 g/mol. The Labute approximate surface area is 105 Å². The molecule has 1 aromatic carbocycles. The molecule has 1 atom stereocenters. The molecule has 0 radical (unpaired) electrons. The van der Waals surface area contributed by atoms with Crippen molar-refractivity contribution >= 4 is 15.9 Å². The molecule has 2 rings (SSSR count). The van der Waals surface area contributed by atoms with E-state index in [1.165, 1.54) is 18.4 Å². The van der Waals surface area contributed by atoms with Crippen molar-refractivity contribution in [2.24, 2.45) is 0 Å². The molecule has 1 N–H and O–H groups in total. The Morgan fingerprint density at radius 2 is 1.88 bits per heavy atom. The molecule has 0 aliphatic rings. The highest BCUT2D eigenvalue weighted by Crippen LogP contribution is 2.27. The van der Waals surface area contributed by atoms with Crippen molar-refractivity contribution in [3.63, 3.8) is 0 Å². The fraction of sp³-hybridized carbons (Fsp3) is 0.167. The Kier molecular flexibility index (Phi) is 3.59. The van der Waals surface area contributed by atoms with E-state index in [9.17, 15) is 13.9 Å². The van der Waals surface area contributed by atoms with Crippen LogP contribution in [0.2, 0.25) is 0 Å². The first-order valence-corrected chi connectivity index (χ1v) is 5.71. The van der Waals surface area contributed by atoms with E-state index >= 15 is 0 Å². The van der Waals surface area contributed by atoms with E-state index < -0.39 is 17.7 Å². The second kappa shape index (κ2) is 4.98. The van der Waals surface area contributed by atoms with Gasteiger partial charge in [0.05, 0.1) is 12.4 Å². The summed E-state index contributed by atoms with van der Waals surface area (Å²) in [5, 5.41) is 9.89. The Bertz CT molecular complexity index is 505. The molecule has 17 heavy (non-hydrogen) atoms. The van der Waals surface area contributed by atoms with Crippen LogP contribution in [0.25, 0.3) is 0 Å². The molecular weight excluding hydrogens is 294 g/mol. The van der Waals surface area contributed by atoms with Gasteiger partial charge in [0.15, 0.2) is 4.67 Å². The number of rotatable bonds is 3. The Morgan fingerprint density at radius 1 is 1.24 bits per heavy atom. The van der Waals surface area contributed by atoms with Gasteiger partial charge < -0.3 is 9.52 Å². The minimum absolute atomic E-state index is 0.118. The second-order valence-electron chi connectivity index (χ2n) is 3.65. The predicted octanol–water partition coefficient (Wildman–Crippen LogP) is 3.60. The molecule has 1 unspecified atom stereocenters. The second-order valence-corrected chi connectivity index (χ2v) is 4.37. The molecule has 0 fully saturated rings. The third-order valence-corrected chi connectivity index (χ3v) is 3.00. The van der Waals surface area contributed by atoms with Crippen LogP contribution in [-0.2, 0) is 6.42 Å². The van der Waals surface area contributed by atoms with Gasteiger partial charge in [-0.05, 0) is 39.7 Å². The van der Waals surface area contributed by atoms with Crippen molar-refractivity contribution in [3.8, 4) is 0 Å².